The third kappa shape index (κ3) is 4.46. The van der Waals surface area contributed by atoms with Crippen LogP contribution in [0.15, 0.2) is 63.1 Å². The molecule has 0 radical (unpaired) electrons. The van der Waals surface area contributed by atoms with Gasteiger partial charge in [0.2, 0.25) is 5.88 Å². The quantitative estimate of drug-likeness (QED) is 0.606. The summed E-state index contributed by atoms with van der Waals surface area (Å²) in [6.07, 6.45) is -4.44. The molecule has 2 aromatic carbocycles. The molecule has 10 heteroatoms. The second-order valence-electron chi connectivity index (χ2n) is 6.37. The van der Waals surface area contributed by atoms with E-state index in [0.29, 0.717) is 10.6 Å². The van der Waals surface area contributed by atoms with E-state index in [4.69, 9.17) is 11.6 Å². The molecule has 2 N–H and O–H groups in total. The summed E-state index contributed by atoms with van der Waals surface area (Å²) in [5.74, 6) is -0.625. The molecule has 3 aromatic rings. The summed E-state index contributed by atoms with van der Waals surface area (Å²) in [6, 6.07) is 10.5. The standard InChI is InChI=1S/C20H15ClF3N3O3/c1-11(25-10-12-5-7-13(8-6-12)20(22,23)24)16-17(28)26-19(30)27(18(16)29)15-4-2-3-14(21)9-15/h2-9,29H,10H2,1H3,(H,26,28,30). The lowest BCUT2D eigenvalue weighted by atomic mass is 10.1. The van der Waals surface area contributed by atoms with E-state index in [1.54, 1.807) is 12.1 Å². The maximum absolute atomic E-state index is 12.6. The van der Waals surface area contributed by atoms with Gasteiger partial charge in [-0.3, -0.25) is 14.8 Å². The Bertz CT molecular complexity index is 1230. The fourth-order valence-electron chi connectivity index (χ4n) is 2.79. The third-order valence-corrected chi connectivity index (χ3v) is 4.53. The normalized spacial score (nSPS) is 12.2. The van der Waals surface area contributed by atoms with Crippen LogP contribution in [0.25, 0.3) is 5.69 Å². The Morgan fingerprint density at radius 1 is 1.17 bits per heavy atom. The van der Waals surface area contributed by atoms with Gasteiger partial charge in [-0.15, -0.1) is 0 Å². The highest BCUT2D eigenvalue weighted by molar-refractivity contribution is 6.30. The molecular formula is C20H15ClF3N3O3. The van der Waals surface area contributed by atoms with Gasteiger partial charge >= 0.3 is 11.9 Å². The molecule has 0 amide bonds. The molecule has 0 bridgehead atoms. The minimum atomic E-state index is -4.44. The molecule has 6 nitrogen and oxygen atoms in total. The van der Waals surface area contributed by atoms with Gasteiger partial charge < -0.3 is 5.11 Å². The van der Waals surface area contributed by atoms with Gasteiger partial charge in [0.15, 0.2) is 0 Å². The molecule has 0 aliphatic carbocycles. The van der Waals surface area contributed by atoms with Gasteiger partial charge in [0, 0.05) is 5.02 Å². The van der Waals surface area contributed by atoms with E-state index >= 15 is 0 Å². The van der Waals surface area contributed by atoms with Crippen LogP contribution in [-0.2, 0) is 12.7 Å². The number of alkyl halides is 3. The zero-order valence-corrected chi connectivity index (χ0v) is 16.3. The van der Waals surface area contributed by atoms with Crippen molar-refractivity contribution in [2.24, 2.45) is 4.99 Å². The Balaban J connectivity index is 1.98. The molecule has 1 aromatic heterocycles. The topological polar surface area (TPSA) is 87.4 Å². The highest BCUT2D eigenvalue weighted by Gasteiger charge is 2.29. The van der Waals surface area contributed by atoms with Crippen molar-refractivity contribution >= 4 is 17.3 Å². The molecular weight excluding hydrogens is 423 g/mol. The summed E-state index contributed by atoms with van der Waals surface area (Å²) in [7, 11) is 0. The third-order valence-electron chi connectivity index (χ3n) is 4.29. The molecule has 0 aliphatic rings. The van der Waals surface area contributed by atoms with Crippen LogP contribution < -0.4 is 11.2 Å². The first-order valence-electron chi connectivity index (χ1n) is 8.59. The maximum Gasteiger partial charge on any atom is 0.416 e. The van der Waals surface area contributed by atoms with Crippen molar-refractivity contribution in [3.05, 3.63) is 91.1 Å². The molecule has 3 rings (SSSR count). The molecule has 0 fully saturated rings. The number of benzene rings is 2. The van der Waals surface area contributed by atoms with Crippen molar-refractivity contribution in [3.8, 4) is 11.6 Å². The van der Waals surface area contributed by atoms with Crippen molar-refractivity contribution in [1.82, 2.24) is 9.55 Å². The zero-order valence-electron chi connectivity index (χ0n) is 15.5. The number of hydrogen-bond acceptors (Lipinski definition) is 4. The van der Waals surface area contributed by atoms with E-state index in [0.717, 1.165) is 16.7 Å². The van der Waals surface area contributed by atoms with Crippen molar-refractivity contribution in [2.75, 3.05) is 0 Å². The molecule has 0 saturated heterocycles. The highest BCUT2D eigenvalue weighted by atomic mass is 35.5. The van der Waals surface area contributed by atoms with E-state index < -0.39 is 28.9 Å². The predicted molar refractivity (Wildman–Crippen MR) is 107 cm³/mol. The Morgan fingerprint density at radius 2 is 1.83 bits per heavy atom. The fourth-order valence-corrected chi connectivity index (χ4v) is 2.98. The van der Waals surface area contributed by atoms with Crippen molar-refractivity contribution in [2.45, 2.75) is 19.6 Å². The van der Waals surface area contributed by atoms with Gasteiger partial charge in [0.1, 0.15) is 5.56 Å². The number of aliphatic imine (C=N–C) groups is 1. The van der Waals surface area contributed by atoms with Crippen LogP contribution in [0.4, 0.5) is 13.2 Å². The Kier molecular flexibility index (Phi) is 5.84. The van der Waals surface area contributed by atoms with Gasteiger partial charge in [0.25, 0.3) is 5.56 Å². The number of aromatic nitrogens is 2. The largest absolute Gasteiger partial charge is 0.493 e. The van der Waals surface area contributed by atoms with E-state index in [1.165, 1.54) is 31.2 Å². The maximum atomic E-state index is 12.6. The molecule has 0 unspecified atom stereocenters. The van der Waals surface area contributed by atoms with Crippen LogP contribution in [0.2, 0.25) is 5.02 Å². The van der Waals surface area contributed by atoms with Gasteiger partial charge in [-0.1, -0.05) is 29.8 Å². The molecule has 1 heterocycles. The van der Waals surface area contributed by atoms with Crippen molar-refractivity contribution < 1.29 is 18.3 Å². The van der Waals surface area contributed by atoms with Crippen LogP contribution in [-0.4, -0.2) is 20.4 Å². The van der Waals surface area contributed by atoms with Crippen LogP contribution in [0.5, 0.6) is 5.88 Å². The Hall–Kier alpha value is -3.33. The summed E-state index contributed by atoms with van der Waals surface area (Å²) < 4.78 is 38.8. The van der Waals surface area contributed by atoms with E-state index in [1.807, 2.05) is 0 Å². The fraction of sp³-hybridized carbons (Fsp3) is 0.150. The minimum Gasteiger partial charge on any atom is -0.493 e. The molecule has 156 valence electrons. The SMILES string of the molecule is CC(=NCc1ccc(C(F)(F)F)cc1)c1c(O)n(-c2cccc(Cl)c2)c(=O)[nH]c1=O. The predicted octanol–water partition coefficient (Wildman–Crippen LogP) is 3.91. The number of H-pyrrole nitrogens is 1. The summed E-state index contributed by atoms with van der Waals surface area (Å²) >= 11 is 5.93. The van der Waals surface area contributed by atoms with Crippen LogP contribution in [0.1, 0.15) is 23.6 Å². The first-order valence-corrected chi connectivity index (χ1v) is 8.97. The van der Waals surface area contributed by atoms with Crippen LogP contribution in [0.3, 0.4) is 0 Å². The summed E-state index contributed by atoms with van der Waals surface area (Å²) in [6.45, 7) is 1.42. The minimum absolute atomic E-state index is 0.0286. The van der Waals surface area contributed by atoms with Gasteiger partial charge in [0.05, 0.1) is 23.5 Å². The summed E-state index contributed by atoms with van der Waals surface area (Å²) in [5, 5.41) is 10.9. The van der Waals surface area contributed by atoms with Crippen molar-refractivity contribution in [3.63, 3.8) is 0 Å². The average Bonchev–Trinajstić information content (AvgIpc) is 2.65. The number of halogens is 4. The van der Waals surface area contributed by atoms with Gasteiger partial charge in [-0.2, -0.15) is 13.2 Å². The second kappa shape index (κ2) is 8.19. The number of aromatic hydroxyl groups is 1. The number of hydrogen-bond donors (Lipinski definition) is 2. The first-order chi connectivity index (χ1) is 14.1. The summed E-state index contributed by atoms with van der Waals surface area (Å²) in [4.78, 5) is 30.8. The lowest BCUT2D eigenvalue weighted by molar-refractivity contribution is -0.137. The molecule has 0 saturated carbocycles. The zero-order chi connectivity index (χ0) is 22.1. The first kappa shape index (κ1) is 21.4. The molecule has 0 atom stereocenters. The Morgan fingerprint density at radius 3 is 2.43 bits per heavy atom. The van der Waals surface area contributed by atoms with E-state index in [9.17, 15) is 27.9 Å². The molecule has 30 heavy (non-hydrogen) atoms. The monoisotopic (exact) mass is 437 g/mol. The number of rotatable bonds is 4. The van der Waals surface area contributed by atoms with Crippen LogP contribution >= 0.6 is 11.6 Å². The number of nitrogens with zero attached hydrogens (tertiary/aromatic N) is 2. The molecule has 0 spiro atoms. The average molecular weight is 438 g/mol. The highest BCUT2D eigenvalue weighted by Crippen LogP contribution is 2.29. The van der Waals surface area contributed by atoms with Gasteiger partial charge in [-0.05, 0) is 42.8 Å². The second-order valence-corrected chi connectivity index (χ2v) is 6.81. The Labute approximate surface area is 172 Å². The molecule has 0 aliphatic heterocycles. The number of aromatic amines is 1. The van der Waals surface area contributed by atoms with E-state index in [2.05, 4.69) is 9.98 Å². The van der Waals surface area contributed by atoms with E-state index in [-0.39, 0.29) is 23.5 Å². The smallest absolute Gasteiger partial charge is 0.416 e. The lowest BCUT2D eigenvalue weighted by Gasteiger charge is -2.12. The van der Waals surface area contributed by atoms with Crippen molar-refractivity contribution in [1.29, 1.82) is 0 Å². The summed E-state index contributed by atoms with van der Waals surface area (Å²) in [5.41, 5.74) is -1.91. The lowest BCUT2D eigenvalue weighted by Crippen LogP contribution is -2.32. The number of nitrogens with one attached hydrogen (secondary N) is 1. The van der Waals surface area contributed by atoms with Gasteiger partial charge in [-0.25, -0.2) is 9.36 Å². The van der Waals surface area contributed by atoms with Crippen LogP contribution in [0, 0.1) is 0 Å².